The van der Waals surface area contributed by atoms with Crippen molar-refractivity contribution in [3.63, 3.8) is 0 Å². The number of aromatic amines is 1. The molecule has 0 bridgehead atoms. The molecule has 2 atom stereocenters. The molecule has 4 rings (SSSR count). The summed E-state index contributed by atoms with van der Waals surface area (Å²) in [5, 5.41) is 13.8. The van der Waals surface area contributed by atoms with Crippen LogP contribution in [-0.4, -0.2) is 41.1 Å². The molecule has 2 aliphatic rings. The Morgan fingerprint density at radius 3 is 2.46 bits per heavy atom. The molecule has 0 spiro atoms. The fraction of sp³-hybridized carbons (Fsp3) is 0.391. The Morgan fingerprint density at radius 2 is 1.86 bits per heavy atom. The molecule has 5 N–H and O–H groups in total. The first-order valence-electron chi connectivity index (χ1n) is 11.0. The van der Waals surface area contributed by atoms with Crippen LogP contribution in [0, 0.1) is 23.0 Å². The molecule has 1 fully saturated rings. The number of H-pyrrole nitrogens is 1. The molecule has 1 aromatic heterocycles. The molecular weight excluding hydrogens is 489 g/mol. The van der Waals surface area contributed by atoms with Gasteiger partial charge < -0.3 is 20.3 Å². The van der Waals surface area contributed by atoms with Gasteiger partial charge in [-0.25, -0.2) is 8.78 Å². The lowest BCUT2D eigenvalue weighted by molar-refractivity contribution is -0.163. The maximum Gasteiger partial charge on any atom is 0.395 e. The van der Waals surface area contributed by atoms with Gasteiger partial charge in [0.25, 0.3) is 0 Å². The van der Waals surface area contributed by atoms with Crippen molar-refractivity contribution in [2.75, 3.05) is 17.1 Å². The van der Waals surface area contributed by atoms with E-state index in [2.05, 4.69) is 20.3 Å². The van der Waals surface area contributed by atoms with Crippen LogP contribution >= 0.6 is 11.9 Å². The minimum Gasteiger partial charge on any atom is -0.374 e. The first-order chi connectivity index (χ1) is 16.6. The lowest BCUT2D eigenvalue weighted by Crippen LogP contribution is -2.27. The van der Waals surface area contributed by atoms with E-state index in [1.54, 1.807) is 7.05 Å². The maximum atomic E-state index is 15.3. The number of alkyl halides is 3. The van der Waals surface area contributed by atoms with E-state index in [0.29, 0.717) is 5.82 Å². The normalized spacial score (nSPS) is 19.9. The molecule has 188 valence electrons. The Labute approximate surface area is 202 Å². The summed E-state index contributed by atoms with van der Waals surface area (Å²) in [6, 6.07) is 2.21. The third kappa shape index (κ3) is 5.47. The van der Waals surface area contributed by atoms with Crippen LogP contribution in [0.1, 0.15) is 47.2 Å². The zero-order chi connectivity index (χ0) is 25.3. The fourth-order valence-corrected chi connectivity index (χ4v) is 4.70. The number of nitrogens with one attached hydrogen (secondary N) is 5. The number of hydrogen-bond donors (Lipinski definition) is 5. The van der Waals surface area contributed by atoms with Gasteiger partial charge in [0.1, 0.15) is 17.5 Å². The molecule has 2 aromatic rings. The predicted octanol–water partition coefficient (Wildman–Crippen LogP) is 5.60. The van der Waals surface area contributed by atoms with Gasteiger partial charge in [-0.15, -0.1) is 0 Å². The highest BCUT2D eigenvalue weighted by molar-refractivity contribution is 8.01. The van der Waals surface area contributed by atoms with Gasteiger partial charge in [-0.05, 0) is 49.8 Å². The van der Waals surface area contributed by atoms with Gasteiger partial charge in [-0.1, -0.05) is 12.2 Å². The topological polar surface area (TPSA) is 92.8 Å². The quantitative estimate of drug-likeness (QED) is 0.0792. The van der Waals surface area contributed by atoms with E-state index in [9.17, 15) is 22.4 Å². The van der Waals surface area contributed by atoms with Gasteiger partial charge in [-0.3, -0.25) is 10.2 Å². The summed E-state index contributed by atoms with van der Waals surface area (Å²) < 4.78 is 71.1. The second kappa shape index (κ2) is 9.92. The minimum absolute atomic E-state index is 0.0339. The van der Waals surface area contributed by atoms with Crippen molar-refractivity contribution in [1.29, 1.82) is 5.41 Å². The number of halogens is 5. The van der Waals surface area contributed by atoms with Crippen LogP contribution in [0.3, 0.4) is 0 Å². The zero-order valence-electron chi connectivity index (χ0n) is 18.7. The Hall–Kier alpha value is -3.02. The highest BCUT2D eigenvalue weighted by atomic mass is 32.2. The first-order valence-corrected chi connectivity index (χ1v) is 11.9. The lowest BCUT2D eigenvalue weighted by Gasteiger charge is -2.24. The van der Waals surface area contributed by atoms with E-state index >= 15 is 4.39 Å². The Balaban J connectivity index is 1.54. The monoisotopic (exact) mass is 513 g/mol. The van der Waals surface area contributed by atoms with E-state index in [-0.39, 0.29) is 46.8 Å². The van der Waals surface area contributed by atoms with Crippen LogP contribution < -0.4 is 15.4 Å². The van der Waals surface area contributed by atoms with Gasteiger partial charge in [0.05, 0.1) is 28.3 Å². The summed E-state index contributed by atoms with van der Waals surface area (Å²) in [6.45, 7) is 0. The van der Waals surface area contributed by atoms with Crippen molar-refractivity contribution in [2.45, 2.75) is 43.2 Å². The average Bonchev–Trinajstić information content (AvgIpc) is 3.52. The molecule has 35 heavy (non-hydrogen) atoms. The number of anilines is 2. The van der Waals surface area contributed by atoms with Crippen molar-refractivity contribution in [3.8, 4) is 0 Å². The molecule has 2 aliphatic carbocycles. The summed E-state index contributed by atoms with van der Waals surface area (Å²) in [6.07, 6.45) is 1.44. The van der Waals surface area contributed by atoms with Crippen molar-refractivity contribution < 1.29 is 26.7 Å². The zero-order valence-corrected chi connectivity index (χ0v) is 19.5. The fourth-order valence-electron chi connectivity index (χ4n) is 3.84. The summed E-state index contributed by atoms with van der Waals surface area (Å²) in [5.74, 6) is -4.29. The molecule has 0 saturated heterocycles. The number of rotatable bonds is 8. The van der Waals surface area contributed by atoms with Crippen LogP contribution in [0.4, 0.5) is 33.5 Å². The van der Waals surface area contributed by atoms with E-state index < -0.39 is 35.1 Å². The first kappa shape index (κ1) is 25.1. The van der Waals surface area contributed by atoms with Crippen molar-refractivity contribution >= 4 is 35.1 Å². The number of carbonyl (C=O) groups is 1. The van der Waals surface area contributed by atoms with Gasteiger partial charge in [0.2, 0.25) is 5.78 Å². The molecule has 0 aliphatic heterocycles. The van der Waals surface area contributed by atoms with Crippen LogP contribution in [-0.2, 0) is 0 Å². The van der Waals surface area contributed by atoms with Crippen molar-refractivity contribution in [1.82, 2.24) is 10.3 Å². The third-order valence-electron chi connectivity index (χ3n) is 5.93. The summed E-state index contributed by atoms with van der Waals surface area (Å²) in [5.41, 5.74) is -0.830. The summed E-state index contributed by atoms with van der Waals surface area (Å²) in [7, 11) is 1.59. The Bertz CT molecular complexity index is 1160. The number of allylic oxidation sites excluding steroid dienone is 1. The van der Waals surface area contributed by atoms with Gasteiger partial charge in [0, 0.05) is 24.5 Å². The van der Waals surface area contributed by atoms with Gasteiger partial charge >= 0.3 is 6.18 Å². The van der Waals surface area contributed by atoms with Crippen LogP contribution in [0.5, 0.6) is 0 Å². The number of hydrogen-bond acceptors (Lipinski definition) is 5. The second-order valence-electron chi connectivity index (χ2n) is 8.48. The van der Waals surface area contributed by atoms with Crippen molar-refractivity contribution in [2.24, 2.45) is 5.92 Å². The average molecular weight is 514 g/mol. The second-order valence-corrected chi connectivity index (χ2v) is 9.52. The molecule has 2 unspecified atom stereocenters. The van der Waals surface area contributed by atoms with Crippen molar-refractivity contribution in [3.05, 3.63) is 58.8 Å². The summed E-state index contributed by atoms with van der Waals surface area (Å²) >= 11 is 0.991. The molecular formula is C23H24F5N5OS. The number of benzene rings is 1. The van der Waals surface area contributed by atoms with Crippen LogP contribution in [0.15, 0.2) is 30.5 Å². The number of amidine groups is 1. The SMILES string of the molecule is CNc1[nH]cc(C(=O)c2c(F)ccc(NSC3C=CC(C(F)(F)F)CC3)c2F)c1C(=N)NC1CC1. The van der Waals surface area contributed by atoms with E-state index in [4.69, 9.17) is 5.41 Å². The number of aromatic nitrogens is 1. The smallest absolute Gasteiger partial charge is 0.374 e. The molecule has 1 heterocycles. The molecule has 0 radical (unpaired) electrons. The molecule has 0 amide bonds. The number of ketones is 1. The highest BCUT2D eigenvalue weighted by Gasteiger charge is 2.39. The van der Waals surface area contributed by atoms with E-state index in [1.165, 1.54) is 12.3 Å². The van der Waals surface area contributed by atoms with Gasteiger partial charge in [-0.2, -0.15) is 13.2 Å². The molecule has 1 aromatic carbocycles. The predicted molar refractivity (Wildman–Crippen MR) is 126 cm³/mol. The largest absolute Gasteiger partial charge is 0.395 e. The van der Waals surface area contributed by atoms with Crippen LogP contribution in [0.25, 0.3) is 0 Å². The summed E-state index contributed by atoms with van der Waals surface area (Å²) in [4.78, 5) is 16.0. The lowest BCUT2D eigenvalue weighted by atomic mass is 9.95. The molecule has 6 nitrogen and oxygen atoms in total. The Morgan fingerprint density at radius 1 is 1.11 bits per heavy atom. The minimum atomic E-state index is -4.30. The Kier molecular flexibility index (Phi) is 7.11. The molecule has 12 heteroatoms. The van der Waals surface area contributed by atoms with Crippen LogP contribution in [0.2, 0.25) is 0 Å². The highest BCUT2D eigenvalue weighted by Crippen LogP contribution is 2.37. The van der Waals surface area contributed by atoms with E-state index in [0.717, 1.165) is 43.0 Å². The number of carbonyl (C=O) groups excluding carboxylic acids is 1. The standard InChI is InChI=1S/C23H24F5N5OS/c1-30-22-17(21(29)32-12-4-5-12)14(10-31-22)20(34)18-15(24)8-9-16(19(18)25)33-35-13-6-2-11(3-7-13)23(26,27)28/h2,6,8-13,30-31,33H,3-5,7H2,1H3,(H2,29,32). The maximum absolute atomic E-state index is 15.3. The van der Waals surface area contributed by atoms with Gasteiger partial charge in [0.15, 0.2) is 5.82 Å². The third-order valence-corrected chi connectivity index (χ3v) is 6.96. The van der Waals surface area contributed by atoms with E-state index in [1.807, 2.05) is 0 Å². The molecule has 1 saturated carbocycles.